The summed E-state index contributed by atoms with van der Waals surface area (Å²) < 4.78 is 28.4. The van der Waals surface area contributed by atoms with E-state index < -0.39 is 33.4 Å². The number of benzene rings is 1. The van der Waals surface area contributed by atoms with Gasteiger partial charge in [0, 0.05) is 36.6 Å². The molecule has 0 radical (unpaired) electrons. The fourth-order valence-electron chi connectivity index (χ4n) is 2.78. The number of non-ortho nitro benzene ring substituents is 1. The Bertz CT molecular complexity index is 1150. The van der Waals surface area contributed by atoms with E-state index >= 15 is 0 Å². The first kappa shape index (κ1) is 20.6. The predicted molar refractivity (Wildman–Crippen MR) is 103 cm³/mol. The molecule has 1 aromatic carbocycles. The molecule has 2 aromatic heterocycles. The van der Waals surface area contributed by atoms with Crippen LogP contribution in [0.4, 0.5) is 5.69 Å². The predicted octanol–water partition coefficient (Wildman–Crippen LogP) is 1.50. The fraction of sp³-hybridized carbons (Fsp3) is 0.222. The molecule has 1 unspecified atom stereocenters. The summed E-state index contributed by atoms with van der Waals surface area (Å²) in [5.74, 6) is -0.458. The number of sulfonamides is 1. The van der Waals surface area contributed by atoms with Crippen LogP contribution in [0, 0.1) is 10.1 Å². The Morgan fingerprint density at radius 3 is 2.59 bits per heavy atom. The minimum absolute atomic E-state index is 0.206. The Labute approximate surface area is 166 Å². The van der Waals surface area contributed by atoms with Crippen molar-refractivity contribution in [2.24, 2.45) is 0 Å². The van der Waals surface area contributed by atoms with E-state index in [1.807, 2.05) is 0 Å². The molecule has 0 saturated carbocycles. The van der Waals surface area contributed by atoms with Crippen molar-refractivity contribution in [3.8, 4) is 0 Å². The molecule has 1 N–H and O–H groups in total. The molecule has 0 fully saturated rings. The van der Waals surface area contributed by atoms with Gasteiger partial charge < -0.3 is 5.11 Å². The van der Waals surface area contributed by atoms with Crippen LogP contribution >= 0.6 is 0 Å². The van der Waals surface area contributed by atoms with Crippen molar-refractivity contribution in [3.63, 3.8) is 0 Å². The van der Waals surface area contributed by atoms with Gasteiger partial charge in [-0.05, 0) is 37.3 Å². The summed E-state index contributed by atoms with van der Waals surface area (Å²) in [5, 5.41) is 24.5. The maximum atomic E-state index is 13.0. The second-order valence-electron chi connectivity index (χ2n) is 6.44. The lowest BCUT2D eigenvalue weighted by atomic mass is 10.1. The smallest absolute Gasteiger partial charge is 0.269 e. The largest absolute Gasteiger partial charge is 0.392 e. The molecule has 10 nitrogen and oxygen atoms in total. The molecule has 2 heterocycles. The highest BCUT2D eigenvalue weighted by atomic mass is 32.2. The zero-order valence-electron chi connectivity index (χ0n) is 15.4. The Hall–Kier alpha value is -3.15. The molecule has 0 spiro atoms. The fourth-order valence-corrected chi connectivity index (χ4v) is 4.26. The Balaban J connectivity index is 1.89. The average Bonchev–Trinajstić information content (AvgIpc) is 3.14. The van der Waals surface area contributed by atoms with Gasteiger partial charge in [-0.2, -0.15) is 9.40 Å². The number of nitro benzene ring substituents is 1. The molecule has 0 saturated heterocycles. The lowest BCUT2D eigenvalue weighted by molar-refractivity contribution is -0.384. The highest BCUT2D eigenvalue weighted by Crippen LogP contribution is 2.20. The minimum Gasteiger partial charge on any atom is -0.392 e. The van der Waals surface area contributed by atoms with Crippen molar-refractivity contribution in [1.82, 2.24) is 13.9 Å². The molecule has 1 atom stereocenters. The quantitative estimate of drug-likeness (QED) is 0.333. The molecule has 152 valence electrons. The lowest BCUT2D eigenvalue weighted by Gasteiger charge is -2.23. The third-order valence-corrected chi connectivity index (χ3v) is 6.02. The molecule has 3 aromatic rings. The number of ketones is 1. The first-order valence-corrected chi connectivity index (χ1v) is 10.0. The number of aliphatic hydroxyl groups is 1. The number of fused-ring (bicyclic) bond motifs is 1. The molecule has 0 aliphatic rings. The van der Waals surface area contributed by atoms with Crippen LogP contribution in [0.25, 0.3) is 5.52 Å². The standard InChI is InChI=1S/C18H18N4O6S/c1-13(23)11-20(29(27,28)17-4-2-15(3-5-17)22(25)26)12-18(24)14-7-9-21-16(10-14)6-8-19-21/h2-10,13,23H,11-12H2,1H3. The number of aliphatic hydroxyl groups excluding tert-OH is 1. The summed E-state index contributed by atoms with van der Waals surface area (Å²) in [5.41, 5.74) is 0.722. The Morgan fingerprint density at radius 1 is 1.28 bits per heavy atom. The first-order valence-electron chi connectivity index (χ1n) is 8.58. The third-order valence-electron chi connectivity index (χ3n) is 4.19. The van der Waals surface area contributed by atoms with Crippen LogP contribution in [0.3, 0.4) is 0 Å². The summed E-state index contributed by atoms with van der Waals surface area (Å²) in [7, 11) is -4.16. The van der Waals surface area contributed by atoms with Gasteiger partial charge in [0.05, 0.1) is 28.0 Å². The van der Waals surface area contributed by atoms with Gasteiger partial charge >= 0.3 is 0 Å². The van der Waals surface area contributed by atoms with E-state index in [1.165, 1.54) is 13.0 Å². The number of aromatic nitrogens is 2. The van der Waals surface area contributed by atoms with Crippen LogP contribution < -0.4 is 0 Å². The number of hydrogen-bond donors (Lipinski definition) is 1. The number of hydrogen-bond acceptors (Lipinski definition) is 7. The van der Waals surface area contributed by atoms with Gasteiger partial charge in [-0.25, -0.2) is 12.9 Å². The van der Waals surface area contributed by atoms with Gasteiger partial charge in [-0.3, -0.25) is 14.9 Å². The molecule has 0 aliphatic carbocycles. The second kappa shape index (κ2) is 8.07. The van der Waals surface area contributed by atoms with Gasteiger partial charge in [-0.1, -0.05) is 0 Å². The minimum atomic E-state index is -4.16. The van der Waals surface area contributed by atoms with E-state index in [0.717, 1.165) is 28.6 Å². The summed E-state index contributed by atoms with van der Waals surface area (Å²) in [6, 6.07) is 9.18. The maximum absolute atomic E-state index is 13.0. The number of nitrogens with zero attached hydrogens (tertiary/aromatic N) is 4. The molecular formula is C18H18N4O6S. The van der Waals surface area contributed by atoms with Gasteiger partial charge in [0.1, 0.15) is 0 Å². The molecule has 11 heteroatoms. The Kier molecular flexibility index (Phi) is 5.73. The number of carbonyl (C=O) groups excluding carboxylic acids is 1. The topological polar surface area (TPSA) is 135 Å². The van der Waals surface area contributed by atoms with E-state index in [0.29, 0.717) is 11.1 Å². The van der Waals surface area contributed by atoms with Crippen molar-refractivity contribution in [3.05, 3.63) is 70.5 Å². The van der Waals surface area contributed by atoms with Crippen LogP contribution in [0.5, 0.6) is 0 Å². The van der Waals surface area contributed by atoms with E-state index in [-0.39, 0.29) is 17.1 Å². The first-order chi connectivity index (χ1) is 13.7. The number of Topliss-reactive ketones (excluding diaryl/α,β-unsaturated/α-hetero) is 1. The van der Waals surface area contributed by atoms with Crippen molar-refractivity contribution < 1.29 is 23.2 Å². The number of pyridine rings is 1. The summed E-state index contributed by atoms with van der Waals surface area (Å²) in [6.07, 6.45) is 2.14. The van der Waals surface area contributed by atoms with Gasteiger partial charge in [0.15, 0.2) is 5.78 Å². The number of carbonyl (C=O) groups is 1. The molecule has 3 rings (SSSR count). The maximum Gasteiger partial charge on any atom is 0.269 e. The number of nitro groups is 1. The summed E-state index contributed by atoms with van der Waals surface area (Å²) >= 11 is 0. The molecule has 0 bridgehead atoms. The zero-order valence-corrected chi connectivity index (χ0v) is 16.2. The molecule has 29 heavy (non-hydrogen) atoms. The molecule has 0 amide bonds. The van der Waals surface area contributed by atoms with Crippen LogP contribution in [0.2, 0.25) is 0 Å². The van der Waals surface area contributed by atoms with Crippen molar-refractivity contribution in [2.75, 3.05) is 13.1 Å². The van der Waals surface area contributed by atoms with Crippen LogP contribution in [0.15, 0.2) is 59.8 Å². The summed E-state index contributed by atoms with van der Waals surface area (Å²) in [4.78, 5) is 22.7. The highest BCUT2D eigenvalue weighted by Gasteiger charge is 2.28. The van der Waals surface area contributed by atoms with Crippen molar-refractivity contribution in [1.29, 1.82) is 0 Å². The summed E-state index contributed by atoms with van der Waals surface area (Å²) in [6.45, 7) is 0.607. The van der Waals surface area contributed by atoms with Crippen LogP contribution in [-0.4, -0.2) is 57.3 Å². The number of rotatable bonds is 8. The third kappa shape index (κ3) is 4.47. The second-order valence-corrected chi connectivity index (χ2v) is 8.37. The molecule has 0 aliphatic heterocycles. The average molecular weight is 418 g/mol. The van der Waals surface area contributed by atoms with Gasteiger partial charge in [-0.15, -0.1) is 0 Å². The SMILES string of the molecule is CC(O)CN(CC(=O)c1ccn2nccc2c1)S(=O)(=O)c1ccc([N+](=O)[O-])cc1. The zero-order chi connectivity index (χ0) is 21.2. The van der Waals surface area contributed by atoms with E-state index in [9.17, 15) is 28.4 Å². The van der Waals surface area contributed by atoms with Gasteiger partial charge in [0.25, 0.3) is 5.69 Å². The van der Waals surface area contributed by atoms with Crippen molar-refractivity contribution in [2.45, 2.75) is 17.9 Å². The normalized spacial score (nSPS) is 12.9. The highest BCUT2D eigenvalue weighted by molar-refractivity contribution is 7.89. The van der Waals surface area contributed by atoms with E-state index in [4.69, 9.17) is 0 Å². The van der Waals surface area contributed by atoms with Crippen LogP contribution in [0.1, 0.15) is 17.3 Å². The van der Waals surface area contributed by atoms with Gasteiger partial charge in [0.2, 0.25) is 10.0 Å². The van der Waals surface area contributed by atoms with Crippen molar-refractivity contribution >= 4 is 27.0 Å². The monoisotopic (exact) mass is 418 g/mol. The molecular weight excluding hydrogens is 400 g/mol. The Morgan fingerprint density at radius 2 is 1.97 bits per heavy atom. The lowest BCUT2D eigenvalue weighted by Crippen LogP contribution is -2.40. The van der Waals surface area contributed by atoms with E-state index in [2.05, 4.69) is 5.10 Å². The van der Waals surface area contributed by atoms with Crippen LogP contribution in [-0.2, 0) is 10.0 Å². The van der Waals surface area contributed by atoms with E-state index in [1.54, 1.807) is 29.0 Å².